The molecule has 160 valence electrons. The van der Waals surface area contributed by atoms with Gasteiger partial charge in [-0.1, -0.05) is 24.3 Å². The Morgan fingerprint density at radius 3 is 2.68 bits per heavy atom. The number of sulfonamides is 1. The number of rotatable bonds is 6. The van der Waals surface area contributed by atoms with Crippen molar-refractivity contribution in [2.75, 3.05) is 18.1 Å². The predicted octanol–water partition coefficient (Wildman–Crippen LogP) is 3.65. The van der Waals surface area contributed by atoms with Crippen LogP contribution in [0.25, 0.3) is 0 Å². The smallest absolute Gasteiger partial charge is 0.278 e. The van der Waals surface area contributed by atoms with Crippen molar-refractivity contribution in [2.45, 2.75) is 12.5 Å². The molecule has 0 bridgehead atoms. The number of nitrogens with zero attached hydrogens (tertiary/aromatic N) is 2. The number of carbonyl (C=O) groups excluding carboxylic acids is 1. The third-order valence-electron chi connectivity index (χ3n) is 4.83. The lowest BCUT2D eigenvalue weighted by atomic mass is 10.0. The van der Waals surface area contributed by atoms with Crippen LogP contribution < -0.4 is 9.46 Å². The second-order valence-corrected chi connectivity index (χ2v) is 8.84. The van der Waals surface area contributed by atoms with E-state index in [0.717, 1.165) is 6.26 Å². The summed E-state index contributed by atoms with van der Waals surface area (Å²) < 4.78 is 36.5. The molecular weight excluding hydrogens is 418 g/mol. The quantitative estimate of drug-likeness (QED) is 0.632. The highest BCUT2D eigenvalue weighted by Gasteiger charge is 2.36. The van der Waals surface area contributed by atoms with Crippen LogP contribution in [0.5, 0.6) is 5.75 Å². The monoisotopic (exact) mass is 439 g/mol. The number of para-hydroxylation sites is 1. The zero-order valence-electron chi connectivity index (χ0n) is 17.0. The Hall–Kier alpha value is -3.59. The van der Waals surface area contributed by atoms with E-state index in [9.17, 15) is 13.2 Å². The second-order valence-electron chi connectivity index (χ2n) is 7.09. The van der Waals surface area contributed by atoms with E-state index in [-0.39, 0.29) is 5.91 Å². The number of carbonyl (C=O) groups is 1. The molecule has 1 atom stereocenters. The van der Waals surface area contributed by atoms with Crippen molar-refractivity contribution >= 4 is 27.3 Å². The maximum absolute atomic E-state index is 13.4. The van der Waals surface area contributed by atoms with Crippen molar-refractivity contribution in [3.05, 3.63) is 83.8 Å². The van der Waals surface area contributed by atoms with E-state index in [1.54, 1.807) is 60.9 Å². The van der Waals surface area contributed by atoms with E-state index < -0.39 is 16.1 Å². The standard InChI is InChI=1S/C22H21N3O5S/c1-29-20-10-4-3-9-17(20)22(26)25-19(21-11-6-12-30-21)14-18(23-25)15-7-5-8-16(13-15)24-31(2,27)28/h3-13,19,24H,14H2,1-2H3/t19-/m1/s1. The molecule has 3 aromatic rings. The number of amides is 1. The molecule has 0 saturated carbocycles. The highest BCUT2D eigenvalue weighted by Crippen LogP contribution is 2.35. The highest BCUT2D eigenvalue weighted by molar-refractivity contribution is 7.92. The highest BCUT2D eigenvalue weighted by atomic mass is 32.2. The third kappa shape index (κ3) is 4.46. The van der Waals surface area contributed by atoms with Gasteiger partial charge in [0.1, 0.15) is 17.6 Å². The summed E-state index contributed by atoms with van der Waals surface area (Å²) in [6.45, 7) is 0. The average Bonchev–Trinajstić information content (AvgIpc) is 3.42. The van der Waals surface area contributed by atoms with Gasteiger partial charge in [-0.15, -0.1) is 0 Å². The lowest BCUT2D eigenvalue weighted by Gasteiger charge is -2.20. The van der Waals surface area contributed by atoms with Gasteiger partial charge >= 0.3 is 0 Å². The van der Waals surface area contributed by atoms with Crippen molar-refractivity contribution in [2.24, 2.45) is 5.10 Å². The number of hydrogen-bond donors (Lipinski definition) is 1. The van der Waals surface area contributed by atoms with Crippen molar-refractivity contribution in [3.63, 3.8) is 0 Å². The van der Waals surface area contributed by atoms with Crippen molar-refractivity contribution < 1.29 is 22.4 Å². The SMILES string of the molecule is COc1ccccc1C(=O)N1N=C(c2cccc(NS(C)(=O)=O)c2)C[C@@H]1c1ccco1. The summed E-state index contributed by atoms with van der Waals surface area (Å²) in [4.78, 5) is 13.4. The van der Waals surface area contributed by atoms with E-state index in [4.69, 9.17) is 9.15 Å². The van der Waals surface area contributed by atoms with Crippen LogP contribution in [0.4, 0.5) is 5.69 Å². The van der Waals surface area contributed by atoms with Gasteiger partial charge in [0.15, 0.2) is 0 Å². The molecule has 4 rings (SSSR count). The number of ether oxygens (including phenoxy) is 1. The molecule has 9 heteroatoms. The summed E-state index contributed by atoms with van der Waals surface area (Å²) in [5.74, 6) is 0.736. The lowest BCUT2D eigenvalue weighted by Crippen LogP contribution is -2.27. The first-order valence-corrected chi connectivity index (χ1v) is 11.4. The van der Waals surface area contributed by atoms with Gasteiger partial charge in [0.05, 0.1) is 30.9 Å². The first-order chi connectivity index (χ1) is 14.9. The molecule has 1 amide bonds. The molecule has 2 aromatic carbocycles. The molecular formula is C22H21N3O5S. The fraction of sp³-hybridized carbons (Fsp3) is 0.182. The normalized spacial score (nSPS) is 16.1. The molecule has 1 N–H and O–H groups in total. The molecule has 0 spiro atoms. The van der Waals surface area contributed by atoms with Gasteiger partial charge in [0, 0.05) is 12.1 Å². The van der Waals surface area contributed by atoms with Crippen LogP contribution in [0.1, 0.15) is 34.1 Å². The number of benzene rings is 2. The molecule has 1 aromatic heterocycles. The van der Waals surface area contributed by atoms with Gasteiger partial charge in [-0.05, 0) is 42.0 Å². The maximum atomic E-state index is 13.4. The molecule has 1 aliphatic rings. The van der Waals surface area contributed by atoms with Crippen LogP contribution in [0, 0.1) is 0 Å². The average molecular weight is 439 g/mol. The Bertz CT molecular complexity index is 1240. The summed E-state index contributed by atoms with van der Waals surface area (Å²) in [7, 11) is -1.91. The second kappa shape index (κ2) is 8.27. The third-order valence-corrected chi connectivity index (χ3v) is 5.43. The first-order valence-electron chi connectivity index (χ1n) is 9.51. The molecule has 31 heavy (non-hydrogen) atoms. The van der Waals surface area contributed by atoms with Crippen LogP contribution in [0.3, 0.4) is 0 Å². The number of hydrogen-bond acceptors (Lipinski definition) is 6. The van der Waals surface area contributed by atoms with E-state index >= 15 is 0 Å². The molecule has 0 fully saturated rings. The Kier molecular flexibility index (Phi) is 5.51. The zero-order valence-corrected chi connectivity index (χ0v) is 17.8. The van der Waals surface area contributed by atoms with Gasteiger partial charge in [0.25, 0.3) is 5.91 Å². The minimum Gasteiger partial charge on any atom is -0.496 e. The first kappa shape index (κ1) is 20.7. The van der Waals surface area contributed by atoms with Gasteiger partial charge in [-0.25, -0.2) is 13.4 Å². The molecule has 1 aliphatic heterocycles. The molecule has 0 unspecified atom stereocenters. The number of anilines is 1. The Balaban J connectivity index is 1.72. The van der Waals surface area contributed by atoms with E-state index in [1.807, 2.05) is 6.07 Å². The van der Waals surface area contributed by atoms with Crippen molar-refractivity contribution in [1.29, 1.82) is 0 Å². The Labute approximate surface area is 180 Å². The summed E-state index contributed by atoms with van der Waals surface area (Å²) in [6.07, 6.45) is 3.06. The lowest BCUT2D eigenvalue weighted by molar-refractivity contribution is 0.0689. The van der Waals surface area contributed by atoms with Crippen LogP contribution >= 0.6 is 0 Å². The molecule has 8 nitrogen and oxygen atoms in total. The zero-order chi connectivity index (χ0) is 22.0. The predicted molar refractivity (Wildman–Crippen MR) is 117 cm³/mol. The fourth-order valence-corrected chi connectivity index (χ4v) is 4.05. The van der Waals surface area contributed by atoms with Crippen LogP contribution in [0.15, 0.2) is 76.4 Å². The van der Waals surface area contributed by atoms with Gasteiger partial charge in [-0.2, -0.15) is 5.10 Å². The number of nitrogens with one attached hydrogen (secondary N) is 1. The van der Waals surface area contributed by atoms with E-state index in [1.165, 1.54) is 12.1 Å². The molecule has 2 heterocycles. The fourth-order valence-electron chi connectivity index (χ4n) is 3.50. The van der Waals surface area contributed by atoms with Gasteiger partial charge in [-0.3, -0.25) is 9.52 Å². The summed E-state index contributed by atoms with van der Waals surface area (Å²) in [5.41, 5.74) is 2.16. The topological polar surface area (TPSA) is 101 Å². The summed E-state index contributed by atoms with van der Waals surface area (Å²) in [6, 6.07) is 17.0. The largest absolute Gasteiger partial charge is 0.496 e. The van der Waals surface area contributed by atoms with Gasteiger partial charge < -0.3 is 9.15 Å². The Morgan fingerprint density at radius 2 is 1.97 bits per heavy atom. The number of furan rings is 1. The molecule has 0 radical (unpaired) electrons. The van der Waals surface area contributed by atoms with Gasteiger partial charge in [0.2, 0.25) is 10.0 Å². The number of methoxy groups -OCH3 is 1. The minimum absolute atomic E-state index is 0.320. The van der Waals surface area contributed by atoms with Crippen LogP contribution in [0.2, 0.25) is 0 Å². The van der Waals surface area contributed by atoms with Crippen LogP contribution in [-0.2, 0) is 10.0 Å². The molecule has 0 saturated heterocycles. The van der Waals surface area contributed by atoms with E-state index in [2.05, 4.69) is 9.82 Å². The van der Waals surface area contributed by atoms with Crippen molar-refractivity contribution in [3.8, 4) is 5.75 Å². The Morgan fingerprint density at radius 1 is 1.16 bits per heavy atom. The summed E-state index contributed by atoms with van der Waals surface area (Å²) >= 11 is 0. The maximum Gasteiger partial charge on any atom is 0.278 e. The number of hydrazone groups is 1. The van der Waals surface area contributed by atoms with Crippen molar-refractivity contribution in [1.82, 2.24) is 5.01 Å². The van der Waals surface area contributed by atoms with E-state index in [0.29, 0.717) is 40.5 Å². The summed E-state index contributed by atoms with van der Waals surface area (Å²) in [5, 5.41) is 5.98. The minimum atomic E-state index is -3.41. The van der Waals surface area contributed by atoms with Crippen LogP contribution in [-0.4, -0.2) is 38.4 Å². The molecule has 0 aliphatic carbocycles.